The Hall–Kier alpha value is -1.13. The molecule has 18 heavy (non-hydrogen) atoms. The Labute approximate surface area is 112 Å². The van der Waals surface area contributed by atoms with Crippen molar-refractivity contribution in [1.29, 1.82) is 0 Å². The van der Waals surface area contributed by atoms with Gasteiger partial charge >= 0.3 is 0 Å². The lowest BCUT2D eigenvalue weighted by atomic mass is 10.2. The lowest BCUT2D eigenvalue weighted by Crippen LogP contribution is -2.31. The Balaban J connectivity index is 1.71. The van der Waals surface area contributed by atoms with E-state index in [1.54, 1.807) is 11.3 Å². The Bertz CT molecular complexity index is 549. The summed E-state index contributed by atoms with van der Waals surface area (Å²) >= 11 is 1.75. The van der Waals surface area contributed by atoms with Crippen molar-refractivity contribution >= 4 is 26.7 Å². The van der Waals surface area contributed by atoms with Crippen LogP contribution in [0.3, 0.4) is 0 Å². The molecule has 3 rings (SSSR count). The van der Waals surface area contributed by atoms with E-state index < -0.39 is 0 Å². The van der Waals surface area contributed by atoms with Crippen molar-refractivity contribution in [3.8, 4) is 0 Å². The zero-order valence-corrected chi connectivity index (χ0v) is 11.8. The standard InChI is InChI=1S/C14H19N3S/c1-10-5-6-13-12(8-10)16-14(18-13)15-9-11-4-3-7-17(11)2/h5-6,8,11H,3-4,7,9H2,1-2H3,(H,15,16). The van der Waals surface area contributed by atoms with Crippen LogP contribution in [0, 0.1) is 6.92 Å². The minimum Gasteiger partial charge on any atom is -0.360 e. The molecule has 3 nitrogen and oxygen atoms in total. The number of nitrogens with zero attached hydrogens (tertiary/aromatic N) is 2. The topological polar surface area (TPSA) is 28.2 Å². The highest BCUT2D eigenvalue weighted by Crippen LogP contribution is 2.27. The van der Waals surface area contributed by atoms with Gasteiger partial charge in [0.1, 0.15) is 0 Å². The summed E-state index contributed by atoms with van der Waals surface area (Å²) in [5, 5.41) is 4.54. The van der Waals surface area contributed by atoms with Crippen molar-refractivity contribution in [2.24, 2.45) is 0 Å². The molecule has 1 atom stereocenters. The second kappa shape index (κ2) is 4.86. The molecule has 4 heteroatoms. The highest BCUT2D eigenvalue weighted by molar-refractivity contribution is 7.22. The quantitative estimate of drug-likeness (QED) is 0.920. The maximum Gasteiger partial charge on any atom is 0.183 e. The van der Waals surface area contributed by atoms with Crippen molar-refractivity contribution in [1.82, 2.24) is 9.88 Å². The number of likely N-dealkylation sites (tertiary alicyclic amines) is 1. The van der Waals surface area contributed by atoms with Crippen LogP contribution in [0.1, 0.15) is 18.4 Å². The molecule has 1 unspecified atom stereocenters. The number of rotatable bonds is 3. The van der Waals surface area contributed by atoms with Crippen LogP contribution in [-0.4, -0.2) is 36.1 Å². The van der Waals surface area contributed by atoms with E-state index in [0.29, 0.717) is 6.04 Å². The normalized spacial score (nSPS) is 20.7. The van der Waals surface area contributed by atoms with Gasteiger partial charge in [-0.3, -0.25) is 0 Å². The molecule has 0 saturated carbocycles. The molecular formula is C14H19N3S. The minimum absolute atomic E-state index is 0.666. The Morgan fingerprint density at radius 1 is 1.50 bits per heavy atom. The molecule has 0 spiro atoms. The first-order chi connectivity index (χ1) is 8.72. The number of aryl methyl sites for hydroxylation is 1. The summed E-state index contributed by atoms with van der Waals surface area (Å²) in [4.78, 5) is 7.08. The van der Waals surface area contributed by atoms with E-state index in [9.17, 15) is 0 Å². The van der Waals surface area contributed by atoms with E-state index in [1.165, 1.54) is 29.6 Å². The molecule has 1 aliphatic heterocycles. The van der Waals surface area contributed by atoms with Crippen molar-refractivity contribution < 1.29 is 0 Å². The van der Waals surface area contributed by atoms with Gasteiger partial charge in [-0.2, -0.15) is 0 Å². The molecular weight excluding hydrogens is 242 g/mol. The fourth-order valence-electron chi connectivity index (χ4n) is 2.56. The third-order valence-corrected chi connectivity index (χ3v) is 4.70. The van der Waals surface area contributed by atoms with Crippen molar-refractivity contribution in [3.63, 3.8) is 0 Å². The van der Waals surface area contributed by atoms with Gasteiger partial charge in [-0.25, -0.2) is 4.98 Å². The van der Waals surface area contributed by atoms with E-state index in [0.717, 1.165) is 17.2 Å². The molecule has 96 valence electrons. The number of aromatic nitrogens is 1. The number of benzene rings is 1. The van der Waals surface area contributed by atoms with Crippen LogP contribution >= 0.6 is 11.3 Å². The Kier molecular flexibility index (Phi) is 3.22. The molecule has 2 aromatic rings. The predicted molar refractivity (Wildman–Crippen MR) is 78.5 cm³/mol. The SMILES string of the molecule is Cc1ccc2sc(NCC3CCCN3C)nc2c1. The number of anilines is 1. The minimum atomic E-state index is 0.666. The van der Waals surface area contributed by atoms with E-state index in [4.69, 9.17) is 0 Å². The fraction of sp³-hybridized carbons (Fsp3) is 0.500. The zero-order chi connectivity index (χ0) is 12.5. The lowest BCUT2D eigenvalue weighted by molar-refractivity contribution is 0.322. The summed E-state index contributed by atoms with van der Waals surface area (Å²) in [7, 11) is 2.21. The number of nitrogens with one attached hydrogen (secondary N) is 1. The number of hydrogen-bond acceptors (Lipinski definition) is 4. The number of thiazole rings is 1. The van der Waals surface area contributed by atoms with Crippen LogP contribution < -0.4 is 5.32 Å². The second-order valence-corrected chi connectivity index (χ2v) is 6.18. The molecule has 0 radical (unpaired) electrons. The monoisotopic (exact) mass is 261 g/mol. The Morgan fingerprint density at radius 2 is 2.39 bits per heavy atom. The van der Waals surface area contributed by atoms with E-state index in [1.807, 2.05) is 0 Å². The summed E-state index contributed by atoms with van der Waals surface area (Å²) in [6.45, 7) is 4.35. The molecule has 1 aliphatic rings. The van der Waals surface area contributed by atoms with E-state index in [2.05, 4.69) is 47.4 Å². The van der Waals surface area contributed by atoms with Gasteiger partial charge in [0.15, 0.2) is 5.13 Å². The average Bonchev–Trinajstić information content (AvgIpc) is 2.92. The average molecular weight is 261 g/mol. The zero-order valence-electron chi connectivity index (χ0n) is 10.9. The third-order valence-electron chi connectivity index (χ3n) is 3.70. The molecule has 1 aromatic carbocycles. The molecule has 0 aliphatic carbocycles. The van der Waals surface area contributed by atoms with Gasteiger partial charge < -0.3 is 10.2 Å². The second-order valence-electron chi connectivity index (χ2n) is 5.15. The molecule has 0 bridgehead atoms. The van der Waals surface area contributed by atoms with Crippen LogP contribution in [0.15, 0.2) is 18.2 Å². The fourth-order valence-corrected chi connectivity index (χ4v) is 3.41. The third kappa shape index (κ3) is 2.35. The van der Waals surface area contributed by atoms with Gasteiger partial charge in [0.25, 0.3) is 0 Å². The highest BCUT2D eigenvalue weighted by atomic mass is 32.1. The summed E-state index contributed by atoms with van der Waals surface area (Å²) < 4.78 is 1.27. The summed E-state index contributed by atoms with van der Waals surface area (Å²) in [5.74, 6) is 0. The largest absolute Gasteiger partial charge is 0.360 e. The van der Waals surface area contributed by atoms with Crippen LogP contribution in [0.2, 0.25) is 0 Å². The van der Waals surface area contributed by atoms with Gasteiger partial charge in [0.05, 0.1) is 10.2 Å². The van der Waals surface area contributed by atoms with Gasteiger partial charge in [-0.15, -0.1) is 0 Å². The molecule has 0 amide bonds. The van der Waals surface area contributed by atoms with Crippen LogP contribution in [0.25, 0.3) is 10.2 Å². The van der Waals surface area contributed by atoms with E-state index >= 15 is 0 Å². The van der Waals surface area contributed by atoms with E-state index in [-0.39, 0.29) is 0 Å². The van der Waals surface area contributed by atoms with Crippen LogP contribution in [-0.2, 0) is 0 Å². The summed E-state index contributed by atoms with van der Waals surface area (Å²) in [5.41, 5.74) is 2.39. The molecule has 1 aromatic heterocycles. The molecule has 2 heterocycles. The van der Waals surface area contributed by atoms with Gasteiger partial charge in [0, 0.05) is 12.6 Å². The highest BCUT2D eigenvalue weighted by Gasteiger charge is 2.20. The number of hydrogen-bond donors (Lipinski definition) is 1. The number of likely N-dealkylation sites (N-methyl/N-ethyl adjacent to an activating group) is 1. The van der Waals surface area contributed by atoms with Gasteiger partial charge in [-0.1, -0.05) is 17.4 Å². The lowest BCUT2D eigenvalue weighted by Gasteiger charge is -2.19. The predicted octanol–water partition coefficient (Wildman–Crippen LogP) is 3.11. The summed E-state index contributed by atoms with van der Waals surface area (Å²) in [6, 6.07) is 7.13. The van der Waals surface area contributed by atoms with Crippen molar-refractivity contribution in [3.05, 3.63) is 23.8 Å². The number of fused-ring (bicyclic) bond motifs is 1. The molecule has 1 N–H and O–H groups in total. The maximum atomic E-state index is 4.65. The van der Waals surface area contributed by atoms with Crippen molar-refractivity contribution in [2.45, 2.75) is 25.8 Å². The van der Waals surface area contributed by atoms with Gasteiger partial charge in [0.2, 0.25) is 0 Å². The Morgan fingerprint density at radius 3 is 3.17 bits per heavy atom. The summed E-state index contributed by atoms with van der Waals surface area (Å²) in [6.07, 6.45) is 2.62. The van der Waals surface area contributed by atoms with Crippen molar-refractivity contribution in [2.75, 3.05) is 25.5 Å². The maximum absolute atomic E-state index is 4.65. The molecule has 1 fully saturated rings. The van der Waals surface area contributed by atoms with Crippen LogP contribution in [0.5, 0.6) is 0 Å². The smallest absolute Gasteiger partial charge is 0.183 e. The first-order valence-electron chi connectivity index (χ1n) is 6.54. The first-order valence-corrected chi connectivity index (χ1v) is 7.35. The first kappa shape index (κ1) is 11.9. The molecule has 1 saturated heterocycles. The van der Waals surface area contributed by atoms with Crippen LogP contribution in [0.4, 0.5) is 5.13 Å². The van der Waals surface area contributed by atoms with Gasteiger partial charge in [-0.05, 0) is 51.1 Å².